The predicted octanol–water partition coefficient (Wildman–Crippen LogP) is 1.46. The summed E-state index contributed by atoms with van der Waals surface area (Å²) in [7, 11) is 1.79. The van der Waals surface area contributed by atoms with E-state index in [0.29, 0.717) is 30.4 Å². The number of rotatable bonds is 5. The van der Waals surface area contributed by atoms with Crippen molar-refractivity contribution >= 4 is 11.5 Å². The molecule has 0 spiro atoms. The first kappa shape index (κ1) is 14.8. The van der Waals surface area contributed by atoms with Gasteiger partial charge in [0.2, 0.25) is 5.82 Å². The van der Waals surface area contributed by atoms with Gasteiger partial charge in [0.15, 0.2) is 0 Å². The summed E-state index contributed by atoms with van der Waals surface area (Å²) in [4.78, 5) is 13.2. The molecular weight excluding hydrogens is 258 g/mol. The van der Waals surface area contributed by atoms with Gasteiger partial charge in [-0.3, -0.25) is 10.1 Å². The number of nitrogens with zero attached hydrogens (tertiary/aromatic N) is 4. The fraction of sp³-hybridized carbons (Fsp3) is 0.769. The summed E-state index contributed by atoms with van der Waals surface area (Å²) in [6, 6.07) is 0. The zero-order valence-corrected chi connectivity index (χ0v) is 12.2. The average molecular weight is 281 g/mol. The van der Waals surface area contributed by atoms with Crippen LogP contribution in [0.25, 0.3) is 0 Å². The standard InChI is InChI=1S/C13H23N5O2/c1-3-4-11-12(18(19)20)13(16(2)15-11)17-7-5-10(9-14)6-8-17/h10H,3-9,14H2,1-2H3. The fourth-order valence-electron chi connectivity index (χ4n) is 2.89. The molecule has 0 atom stereocenters. The van der Waals surface area contributed by atoms with E-state index in [1.807, 2.05) is 6.92 Å². The smallest absolute Gasteiger partial charge is 0.334 e. The number of hydrogen-bond acceptors (Lipinski definition) is 5. The molecule has 1 aliphatic rings. The van der Waals surface area contributed by atoms with Crippen LogP contribution in [0.15, 0.2) is 0 Å². The van der Waals surface area contributed by atoms with Gasteiger partial charge in [0.05, 0.1) is 4.92 Å². The first-order chi connectivity index (χ1) is 9.58. The summed E-state index contributed by atoms with van der Waals surface area (Å²) < 4.78 is 1.66. The minimum atomic E-state index is -0.289. The van der Waals surface area contributed by atoms with E-state index in [4.69, 9.17) is 5.73 Å². The van der Waals surface area contributed by atoms with E-state index in [1.165, 1.54) is 0 Å². The van der Waals surface area contributed by atoms with Crippen molar-refractivity contribution in [3.63, 3.8) is 0 Å². The Labute approximate surface area is 118 Å². The van der Waals surface area contributed by atoms with Crippen molar-refractivity contribution in [2.75, 3.05) is 24.5 Å². The number of aryl methyl sites for hydroxylation is 2. The molecule has 1 aromatic heterocycles. The Morgan fingerprint density at radius 1 is 1.45 bits per heavy atom. The molecule has 0 aromatic carbocycles. The first-order valence-electron chi connectivity index (χ1n) is 7.23. The molecule has 1 aromatic rings. The zero-order chi connectivity index (χ0) is 14.7. The first-order valence-corrected chi connectivity index (χ1v) is 7.23. The largest absolute Gasteiger partial charge is 0.351 e. The maximum absolute atomic E-state index is 11.4. The molecule has 7 heteroatoms. The third-order valence-electron chi connectivity index (χ3n) is 3.98. The molecule has 1 saturated heterocycles. The average Bonchev–Trinajstić information content (AvgIpc) is 2.76. The normalized spacial score (nSPS) is 16.6. The lowest BCUT2D eigenvalue weighted by atomic mass is 9.97. The second-order valence-electron chi connectivity index (χ2n) is 5.42. The van der Waals surface area contributed by atoms with Crippen molar-refractivity contribution in [1.82, 2.24) is 9.78 Å². The number of aromatic nitrogens is 2. The van der Waals surface area contributed by atoms with Crippen molar-refractivity contribution in [2.24, 2.45) is 18.7 Å². The quantitative estimate of drug-likeness (QED) is 0.651. The number of nitrogens with two attached hydrogens (primary N) is 1. The van der Waals surface area contributed by atoms with Crippen LogP contribution in [0.4, 0.5) is 11.5 Å². The minimum Gasteiger partial charge on any atom is -0.351 e. The van der Waals surface area contributed by atoms with Gasteiger partial charge >= 0.3 is 5.69 Å². The SMILES string of the molecule is CCCc1nn(C)c(N2CCC(CN)CC2)c1[N+](=O)[O-]. The highest BCUT2D eigenvalue weighted by Crippen LogP contribution is 2.34. The molecule has 1 aliphatic heterocycles. The Kier molecular flexibility index (Phi) is 4.59. The van der Waals surface area contributed by atoms with Gasteiger partial charge < -0.3 is 10.6 Å². The van der Waals surface area contributed by atoms with E-state index >= 15 is 0 Å². The van der Waals surface area contributed by atoms with E-state index in [1.54, 1.807) is 11.7 Å². The predicted molar refractivity (Wildman–Crippen MR) is 77.8 cm³/mol. The van der Waals surface area contributed by atoms with E-state index in [9.17, 15) is 10.1 Å². The van der Waals surface area contributed by atoms with Crippen LogP contribution in [-0.2, 0) is 13.5 Å². The summed E-state index contributed by atoms with van der Waals surface area (Å²) in [6.07, 6.45) is 3.47. The molecule has 0 saturated carbocycles. The van der Waals surface area contributed by atoms with Crippen LogP contribution in [0.2, 0.25) is 0 Å². The topological polar surface area (TPSA) is 90.2 Å². The van der Waals surface area contributed by atoms with E-state index in [-0.39, 0.29) is 10.6 Å². The second kappa shape index (κ2) is 6.21. The van der Waals surface area contributed by atoms with E-state index < -0.39 is 0 Å². The number of anilines is 1. The van der Waals surface area contributed by atoms with Gasteiger partial charge in [-0.1, -0.05) is 13.3 Å². The summed E-state index contributed by atoms with van der Waals surface area (Å²) in [5.41, 5.74) is 6.47. The van der Waals surface area contributed by atoms with Gasteiger partial charge in [-0.25, -0.2) is 4.68 Å². The molecule has 0 unspecified atom stereocenters. The van der Waals surface area contributed by atoms with Crippen LogP contribution in [-0.4, -0.2) is 34.3 Å². The Balaban J connectivity index is 2.29. The van der Waals surface area contributed by atoms with Crippen molar-refractivity contribution in [3.8, 4) is 0 Å². The summed E-state index contributed by atoms with van der Waals surface area (Å²) in [6.45, 7) is 4.33. The van der Waals surface area contributed by atoms with Crippen LogP contribution in [0, 0.1) is 16.0 Å². The molecule has 2 rings (SSSR count). The van der Waals surface area contributed by atoms with Gasteiger partial charge in [0.1, 0.15) is 5.69 Å². The third-order valence-corrected chi connectivity index (χ3v) is 3.98. The number of nitro groups is 1. The van der Waals surface area contributed by atoms with E-state index in [0.717, 1.165) is 32.4 Å². The van der Waals surface area contributed by atoms with Gasteiger partial charge in [-0.05, 0) is 31.7 Å². The van der Waals surface area contributed by atoms with Crippen LogP contribution < -0.4 is 10.6 Å². The van der Waals surface area contributed by atoms with E-state index in [2.05, 4.69) is 10.00 Å². The monoisotopic (exact) mass is 281 g/mol. The van der Waals surface area contributed by atoms with Gasteiger partial charge in [-0.15, -0.1) is 0 Å². The molecule has 0 radical (unpaired) electrons. The summed E-state index contributed by atoms with van der Waals surface area (Å²) >= 11 is 0. The molecule has 0 amide bonds. The maximum Gasteiger partial charge on any atom is 0.334 e. The Bertz CT molecular complexity index is 477. The minimum absolute atomic E-state index is 0.181. The second-order valence-corrected chi connectivity index (χ2v) is 5.42. The van der Waals surface area contributed by atoms with Gasteiger partial charge in [-0.2, -0.15) is 5.10 Å². The molecule has 0 bridgehead atoms. The summed E-state index contributed by atoms with van der Waals surface area (Å²) in [5.74, 6) is 1.18. The molecular formula is C13H23N5O2. The molecule has 2 heterocycles. The van der Waals surface area contributed by atoms with Crippen molar-refractivity contribution in [1.29, 1.82) is 0 Å². The highest BCUT2D eigenvalue weighted by atomic mass is 16.6. The Morgan fingerprint density at radius 3 is 2.60 bits per heavy atom. The van der Waals surface area contributed by atoms with Crippen molar-refractivity contribution < 1.29 is 4.92 Å². The molecule has 7 nitrogen and oxygen atoms in total. The van der Waals surface area contributed by atoms with Crippen LogP contribution in [0.1, 0.15) is 31.9 Å². The molecule has 20 heavy (non-hydrogen) atoms. The van der Waals surface area contributed by atoms with Gasteiger partial charge in [0.25, 0.3) is 0 Å². The van der Waals surface area contributed by atoms with Crippen molar-refractivity contribution in [2.45, 2.75) is 32.6 Å². The molecule has 0 aliphatic carbocycles. The Hall–Kier alpha value is -1.63. The fourth-order valence-corrected chi connectivity index (χ4v) is 2.89. The maximum atomic E-state index is 11.4. The van der Waals surface area contributed by atoms with Gasteiger partial charge in [0, 0.05) is 20.1 Å². The highest BCUT2D eigenvalue weighted by Gasteiger charge is 2.31. The van der Waals surface area contributed by atoms with Crippen LogP contribution in [0.3, 0.4) is 0 Å². The number of piperidine rings is 1. The molecule has 2 N–H and O–H groups in total. The van der Waals surface area contributed by atoms with Crippen LogP contribution in [0.5, 0.6) is 0 Å². The van der Waals surface area contributed by atoms with Crippen molar-refractivity contribution in [3.05, 3.63) is 15.8 Å². The lowest BCUT2D eigenvalue weighted by Gasteiger charge is -2.32. The van der Waals surface area contributed by atoms with Crippen LogP contribution >= 0.6 is 0 Å². The number of hydrogen-bond donors (Lipinski definition) is 1. The Morgan fingerprint density at radius 2 is 2.10 bits per heavy atom. The third kappa shape index (κ3) is 2.77. The molecule has 1 fully saturated rings. The summed E-state index contributed by atoms with van der Waals surface area (Å²) in [5, 5.41) is 15.7. The molecule has 112 valence electrons. The highest BCUT2D eigenvalue weighted by molar-refractivity contribution is 5.61. The zero-order valence-electron chi connectivity index (χ0n) is 12.2. The lowest BCUT2D eigenvalue weighted by molar-refractivity contribution is -0.384. The lowest BCUT2D eigenvalue weighted by Crippen LogP contribution is -2.37.